The summed E-state index contributed by atoms with van der Waals surface area (Å²) in [5.74, 6) is -2.37. The van der Waals surface area contributed by atoms with E-state index in [4.69, 9.17) is 23.7 Å². The van der Waals surface area contributed by atoms with E-state index in [0.29, 0.717) is 25.2 Å². The zero-order valence-corrected chi connectivity index (χ0v) is 22.9. The SMILES string of the molecule is CCC(O)OC1C2OC3(OCC45CC6C(C)CCC6C6(C=O)CC4C=C(C(C)C)C65C(=O)O)OC2OC1C3O. The maximum absolute atomic E-state index is 13.6. The minimum absolute atomic E-state index is 0.0208. The summed E-state index contributed by atoms with van der Waals surface area (Å²) in [6.07, 6.45) is 0.944. The van der Waals surface area contributed by atoms with Crippen molar-refractivity contribution in [3.8, 4) is 0 Å². The third-order valence-corrected chi connectivity index (χ3v) is 11.8. The average Bonchev–Trinajstić information content (AvgIpc) is 3.63. The Morgan fingerprint density at radius 3 is 2.67 bits per heavy atom. The van der Waals surface area contributed by atoms with Gasteiger partial charge in [-0.2, -0.15) is 0 Å². The molecule has 7 fully saturated rings. The Hall–Kier alpha value is -1.40. The summed E-state index contributed by atoms with van der Waals surface area (Å²) in [6.45, 7) is 7.96. The molecule has 4 aliphatic carbocycles. The fourth-order valence-corrected chi connectivity index (χ4v) is 10.3. The summed E-state index contributed by atoms with van der Waals surface area (Å²) in [5.41, 5.74) is -2.45. The molecule has 4 heterocycles. The van der Waals surface area contributed by atoms with Crippen LogP contribution in [-0.4, -0.2) is 77.2 Å². The molecule has 8 aliphatic rings. The van der Waals surface area contributed by atoms with Gasteiger partial charge in [0.1, 0.15) is 30.0 Å². The smallest absolute Gasteiger partial charge is 0.316 e. The second-order valence-electron chi connectivity index (χ2n) is 13.5. The first kappa shape index (κ1) is 26.5. The minimum Gasteiger partial charge on any atom is -0.481 e. The van der Waals surface area contributed by atoms with E-state index in [2.05, 4.69) is 13.0 Å². The zero-order chi connectivity index (χ0) is 27.7. The van der Waals surface area contributed by atoms with Crippen LogP contribution in [0.25, 0.3) is 0 Å². The number of fused-ring (bicyclic) bond motifs is 2. The van der Waals surface area contributed by atoms with Crippen molar-refractivity contribution in [2.45, 2.75) is 103 Å². The number of carboxylic acids is 1. The van der Waals surface area contributed by atoms with Gasteiger partial charge < -0.3 is 39.1 Å². The molecule has 39 heavy (non-hydrogen) atoms. The number of rotatable bonds is 9. The highest BCUT2D eigenvalue weighted by molar-refractivity contribution is 5.90. The molecule has 216 valence electrons. The van der Waals surface area contributed by atoms with Crippen molar-refractivity contribution in [2.24, 2.45) is 45.8 Å². The molecule has 14 atom stereocenters. The van der Waals surface area contributed by atoms with Gasteiger partial charge in [0.15, 0.2) is 18.7 Å². The zero-order valence-electron chi connectivity index (χ0n) is 22.9. The van der Waals surface area contributed by atoms with E-state index < -0.39 is 65.2 Å². The van der Waals surface area contributed by atoms with Crippen LogP contribution < -0.4 is 0 Å². The summed E-state index contributed by atoms with van der Waals surface area (Å²) >= 11 is 0. The first-order chi connectivity index (χ1) is 18.5. The highest BCUT2D eigenvalue weighted by atomic mass is 17.0. The van der Waals surface area contributed by atoms with E-state index in [0.717, 1.165) is 24.7 Å². The summed E-state index contributed by atoms with van der Waals surface area (Å²) < 4.78 is 30.1. The van der Waals surface area contributed by atoms with Gasteiger partial charge in [0.2, 0.25) is 0 Å². The average molecular weight is 549 g/mol. The molecule has 0 radical (unpaired) electrons. The molecule has 0 aromatic rings. The van der Waals surface area contributed by atoms with Crippen LogP contribution in [0.4, 0.5) is 0 Å². The van der Waals surface area contributed by atoms with Crippen LogP contribution in [0.15, 0.2) is 11.6 Å². The number of carbonyl (C=O) groups is 2. The maximum Gasteiger partial charge on any atom is 0.316 e. The van der Waals surface area contributed by atoms with Gasteiger partial charge in [-0.05, 0) is 55.3 Å². The topological polar surface area (TPSA) is 141 Å². The van der Waals surface area contributed by atoms with Crippen molar-refractivity contribution >= 4 is 12.3 Å². The number of allylic oxidation sites excluding steroid dienone is 1. The molecular weight excluding hydrogens is 508 g/mol. The molecule has 3 N–H and O–H groups in total. The van der Waals surface area contributed by atoms with Crippen molar-refractivity contribution in [2.75, 3.05) is 6.61 Å². The molecule has 3 saturated carbocycles. The summed E-state index contributed by atoms with van der Waals surface area (Å²) in [5, 5.41) is 32.5. The molecule has 0 aromatic carbocycles. The highest BCUT2D eigenvalue weighted by Crippen LogP contribution is 2.82. The summed E-state index contributed by atoms with van der Waals surface area (Å²) in [4.78, 5) is 26.8. The molecule has 10 heteroatoms. The maximum atomic E-state index is 13.6. The lowest BCUT2D eigenvalue weighted by atomic mass is 9.43. The van der Waals surface area contributed by atoms with Crippen molar-refractivity contribution < 1.29 is 48.6 Å². The lowest BCUT2D eigenvalue weighted by Crippen LogP contribution is -2.66. The van der Waals surface area contributed by atoms with Crippen LogP contribution in [-0.2, 0) is 33.3 Å². The molecule has 8 bridgehead atoms. The van der Waals surface area contributed by atoms with Gasteiger partial charge >= 0.3 is 11.9 Å². The first-order valence-electron chi connectivity index (χ1n) is 14.6. The monoisotopic (exact) mass is 548 g/mol. The molecule has 4 aliphatic heterocycles. The van der Waals surface area contributed by atoms with Gasteiger partial charge in [-0.25, -0.2) is 0 Å². The quantitative estimate of drug-likeness (QED) is 0.223. The van der Waals surface area contributed by atoms with Crippen LogP contribution in [0.5, 0.6) is 0 Å². The fourth-order valence-electron chi connectivity index (χ4n) is 10.3. The number of ether oxygens (including phenoxy) is 5. The Morgan fingerprint density at radius 2 is 2.00 bits per heavy atom. The van der Waals surface area contributed by atoms with Crippen LogP contribution in [0.3, 0.4) is 0 Å². The van der Waals surface area contributed by atoms with Crippen molar-refractivity contribution in [1.29, 1.82) is 0 Å². The van der Waals surface area contributed by atoms with Crippen LogP contribution >= 0.6 is 0 Å². The second-order valence-corrected chi connectivity index (χ2v) is 13.5. The van der Waals surface area contributed by atoms with Crippen LogP contribution in [0.2, 0.25) is 0 Å². The van der Waals surface area contributed by atoms with Crippen molar-refractivity contribution in [3.63, 3.8) is 0 Å². The summed E-state index contributed by atoms with van der Waals surface area (Å²) in [7, 11) is 0. The molecule has 4 saturated heterocycles. The predicted octanol–water partition coefficient (Wildman–Crippen LogP) is 2.21. The van der Waals surface area contributed by atoms with E-state index >= 15 is 0 Å². The van der Waals surface area contributed by atoms with Gasteiger partial charge in [0.05, 0.1) is 12.0 Å². The number of carboxylic acid groups (broad SMARTS) is 1. The Morgan fingerprint density at radius 1 is 1.23 bits per heavy atom. The Balaban J connectivity index is 1.26. The molecule has 10 nitrogen and oxygen atoms in total. The number of hydrogen-bond acceptors (Lipinski definition) is 9. The molecule has 8 rings (SSSR count). The van der Waals surface area contributed by atoms with Crippen LogP contribution in [0, 0.1) is 45.8 Å². The lowest BCUT2D eigenvalue weighted by Gasteiger charge is -2.58. The van der Waals surface area contributed by atoms with Crippen molar-refractivity contribution in [1.82, 2.24) is 0 Å². The molecule has 14 unspecified atom stereocenters. The van der Waals surface area contributed by atoms with Gasteiger partial charge in [0.25, 0.3) is 0 Å². The number of carbonyl (C=O) groups excluding carboxylic acids is 1. The number of hydrogen-bond donors (Lipinski definition) is 3. The number of aliphatic carboxylic acids is 1. The molecule has 0 amide bonds. The standard InChI is InChI=1S/C29H40O10/c1-5-19(31)36-20-21-23(32)29(38-22(20)24(37-21)39-29)35-12-27-10-16-14(4)6-7-17(16)26(11-30)9-15(27)8-18(13(2)3)28(26,27)25(33)34/h8,11,13-17,19-24,31-32H,5-7,9-10,12H2,1-4H3,(H,33,34). The molecular formula is C29H40O10. The third kappa shape index (κ3) is 2.87. The van der Waals surface area contributed by atoms with Crippen LogP contribution in [0.1, 0.15) is 59.8 Å². The van der Waals surface area contributed by atoms with Gasteiger partial charge in [-0.3, -0.25) is 9.53 Å². The second kappa shape index (κ2) is 8.33. The van der Waals surface area contributed by atoms with Gasteiger partial charge in [0, 0.05) is 5.41 Å². The largest absolute Gasteiger partial charge is 0.481 e. The van der Waals surface area contributed by atoms with E-state index in [9.17, 15) is 24.9 Å². The third-order valence-electron chi connectivity index (χ3n) is 11.8. The number of aldehydes is 1. The number of aliphatic hydroxyl groups excluding tert-OH is 2. The molecule has 0 aromatic heterocycles. The molecule has 0 spiro atoms. The lowest BCUT2D eigenvalue weighted by molar-refractivity contribution is -0.450. The Bertz CT molecular complexity index is 1110. The van der Waals surface area contributed by atoms with E-state index in [1.165, 1.54) is 0 Å². The highest BCUT2D eigenvalue weighted by Gasteiger charge is 2.85. The van der Waals surface area contributed by atoms with E-state index in [1.54, 1.807) is 6.92 Å². The van der Waals surface area contributed by atoms with Gasteiger partial charge in [-0.15, -0.1) is 0 Å². The normalized spacial score (nSPS) is 54.8. The summed E-state index contributed by atoms with van der Waals surface area (Å²) in [6, 6.07) is 0. The number of aliphatic hydroxyl groups is 2. The van der Waals surface area contributed by atoms with Crippen molar-refractivity contribution in [3.05, 3.63) is 11.6 Å². The minimum atomic E-state index is -1.83. The predicted molar refractivity (Wildman–Crippen MR) is 133 cm³/mol. The Labute approximate surface area is 228 Å². The van der Waals surface area contributed by atoms with E-state index in [-0.39, 0.29) is 30.3 Å². The Kier molecular flexibility index (Phi) is 5.66. The first-order valence-corrected chi connectivity index (χ1v) is 14.6. The van der Waals surface area contributed by atoms with E-state index in [1.807, 2.05) is 13.8 Å². The van der Waals surface area contributed by atoms with Gasteiger partial charge in [-0.1, -0.05) is 45.8 Å². The fraction of sp³-hybridized carbons (Fsp3) is 0.862.